The van der Waals surface area contributed by atoms with E-state index in [1.54, 1.807) is 24.3 Å². The zero-order valence-electron chi connectivity index (χ0n) is 7.29. The third-order valence-corrected chi connectivity index (χ3v) is 1.79. The molecule has 1 rings (SSSR count). The molecule has 0 bridgehead atoms. The minimum Gasteiger partial charge on any atom is -0.491 e. The van der Waals surface area contributed by atoms with Crippen molar-refractivity contribution in [3.8, 4) is 5.75 Å². The zero-order chi connectivity index (χ0) is 10.4. The van der Waals surface area contributed by atoms with Crippen molar-refractivity contribution >= 4 is 10.4 Å². The van der Waals surface area contributed by atoms with Crippen molar-refractivity contribution in [2.75, 3.05) is 13.2 Å². The summed E-state index contributed by atoms with van der Waals surface area (Å²) < 4.78 is 37.6. The van der Waals surface area contributed by atoms with E-state index >= 15 is 0 Å². The van der Waals surface area contributed by atoms with Gasteiger partial charge in [0.15, 0.2) is 0 Å². The molecule has 6 heteroatoms. The molecule has 0 heterocycles. The van der Waals surface area contributed by atoms with Gasteiger partial charge in [-0.15, -0.1) is 0 Å². The van der Waals surface area contributed by atoms with Gasteiger partial charge in [0.05, 0.1) is 0 Å². The molecule has 0 radical (unpaired) electrons. The van der Waals surface area contributed by atoms with E-state index in [2.05, 4.69) is 4.18 Å². The van der Waals surface area contributed by atoms with Crippen LogP contribution in [-0.2, 0) is 14.6 Å². The molecule has 14 heavy (non-hydrogen) atoms. The SMILES string of the molecule is O=S(=O)(O)OCCOc1ccccc1. The molecule has 0 aliphatic carbocycles. The Labute approximate surface area is 82.2 Å². The lowest BCUT2D eigenvalue weighted by Crippen LogP contribution is -2.11. The summed E-state index contributed by atoms with van der Waals surface area (Å²) in [5.41, 5.74) is 0. The molecule has 0 unspecified atom stereocenters. The standard InChI is InChI=1S/C8H10O5S/c9-14(10,11)13-7-6-12-8-4-2-1-3-5-8/h1-5H,6-7H2,(H,9,10,11). The first-order valence-electron chi connectivity index (χ1n) is 3.87. The topological polar surface area (TPSA) is 72.8 Å². The van der Waals surface area contributed by atoms with Crippen LogP contribution in [-0.4, -0.2) is 26.2 Å². The van der Waals surface area contributed by atoms with E-state index in [1.807, 2.05) is 6.07 Å². The van der Waals surface area contributed by atoms with Crippen molar-refractivity contribution in [1.29, 1.82) is 0 Å². The van der Waals surface area contributed by atoms with Crippen molar-refractivity contribution in [1.82, 2.24) is 0 Å². The van der Waals surface area contributed by atoms with Crippen LogP contribution in [0.15, 0.2) is 30.3 Å². The summed E-state index contributed by atoms with van der Waals surface area (Å²) in [6, 6.07) is 8.88. The first-order chi connectivity index (χ1) is 6.58. The number of hydrogen-bond acceptors (Lipinski definition) is 4. The average molecular weight is 218 g/mol. The predicted molar refractivity (Wildman–Crippen MR) is 49.4 cm³/mol. The van der Waals surface area contributed by atoms with Gasteiger partial charge in [-0.05, 0) is 12.1 Å². The Kier molecular flexibility index (Phi) is 3.87. The van der Waals surface area contributed by atoms with Gasteiger partial charge in [-0.2, -0.15) is 8.42 Å². The maximum absolute atomic E-state index is 10.1. The van der Waals surface area contributed by atoms with E-state index in [0.717, 1.165) is 0 Å². The summed E-state index contributed by atoms with van der Waals surface area (Å²) in [5, 5.41) is 0. The average Bonchev–Trinajstić information content (AvgIpc) is 2.13. The summed E-state index contributed by atoms with van der Waals surface area (Å²) >= 11 is 0. The highest BCUT2D eigenvalue weighted by Gasteiger charge is 2.03. The second kappa shape index (κ2) is 4.94. The Bertz CT molecular complexity index is 359. The van der Waals surface area contributed by atoms with Crippen LogP contribution in [0.5, 0.6) is 5.75 Å². The van der Waals surface area contributed by atoms with Crippen molar-refractivity contribution in [2.24, 2.45) is 0 Å². The summed E-state index contributed by atoms with van der Waals surface area (Å²) in [7, 11) is -4.36. The Morgan fingerprint density at radius 1 is 1.14 bits per heavy atom. The molecule has 0 aliphatic heterocycles. The van der Waals surface area contributed by atoms with Crippen LogP contribution < -0.4 is 4.74 Å². The van der Waals surface area contributed by atoms with Crippen LogP contribution in [0.4, 0.5) is 0 Å². The minimum atomic E-state index is -4.36. The lowest BCUT2D eigenvalue weighted by Gasteiger charge is -2.04. The fraction of sp³-hybridized carbons (Fsp3) is 0.250. The van der Waals surface area contributed by atoms with Gasteiger partial charge in [0.2, 0.25) is 0 Å². The molecule has 0 saturated carbocycles. The second-order valence-corrected chi connectivity index (χ2v) is 3.50. The van der Waals surface area contributed by atoms with Crippen LogP contribution in [0.2, 0.25) is 0 Å². The summed E-state index contributed by atoms with van der Waals surface area (Å²) in [5.74, 6) is 0.617. The van der Waals surface area contributed by atoms with Gasteiger partial charge in [-0.3, -0.25) is 4.55 Å². The summed E-state index contributed by atoms with van der Waals surface area (Å²) in [4.78, 5) is 0. The Balaban J connectivity index is 2.23. The largest absolute Gasteiger partial charge is 0.491 e. The zero-order valence-corrected chi connectivity index (χ0v) is 8.11. The number of rotatable bonds is 5. The lowest BCUT2D eigenvalue weighted by molar-refractivity contribution is 0.202. The van der Waals surface area contributed by atoms with Crippen molar-refractivity contribution in [2.45, 2.75) is 0 Å². The Morgan fingerprint density at radius 3 is 2.36 bits per heavy atom. The number of hydrogen-bond donors (Lipinski definition) is 1. The minimum absolute atomic E-state index is 0.0593. The van der Waals surface area contributed by atoms with Gasteiger partial charge >= 0.3 is 10.4 Å². The molecule has 1 aromatic rings. The van der Waals surface area contributed by atoms with E-state index < -0.39 is 10.4 Å². The molecule has 0 saturated heterocycles. The van der Waals surface area contributed by atoms with Crippen LogP contribution in [0.1, 0.15) is 0 Å². The molecule has 0 amide bonds. The van der Waals surface area contributed by atoms with Crippen molar-refractivity contribution < 1.29 is 21.9 Å². The molecular weight excluding hydrogens is 208 g/mol. The highest BCUT2D eigenvalue weighted by atomic mass is 32.3. The van der Waals surface area contributed by atoms with Gasteiger partial charge < -0.3 is 4.74 Å². The van der Waals surface area contributed by atoms with Crippen molar-refractivity contribution in [3.63, 3.8) is 0 Å². The number of benzene rings is 1. The molecule has 1 N–H and O–H groups in total. The van der Waals surface area contributed by atoms with E-state index in [9.17, 15) is 8.42 Å². The third kappa shape index (κ3) is 4.80. The van der Waals surface area contributed by atoms with Crippen molar-refractivity contribution in [3.05, 3.63) is 30.3 Å². The number of para-hydroxylation sites is 1. The van der Waals surface area contributed by atoms with Gasteiger partial charge in [0.25, 0.3) is 0 Å². The highest BCUT2D eigenvalue weighted by molar-refractivity contribution is 7.80. The monoisotopic (exact) mass is 218 g/mol. The molecule has 0 aromatic heterocycles. The van der Waals surface area contributed by atoms with Gasteiger partial charge in [0.1, 0.15) is 19.0 Å². The van der Waals surface area contributed by atoms with Crippen LogP contribution in [0, 0.1) is 0 Å². The molecule has 5 nitrogen and oxygen atoms in total. The van der Waals surface area contributed by atoms with E-state index in [-0.39, 0.29) is 13.2 Å². The van der Waals surface area contributed by atoms with E-state index in [1.165, 1.54) is 0 Å². The van der Waals surface area contributed by atoms with Gasteiger partial charge in [-0.25, -0.2) is 4.18 Å². The fourth-order valence-corrected chi connectivity index (χ4v) is 1.09. The van der Waals surface area contributed by atoms with Gasteiger partial charge in [0, 0.05) is 0 Å². The molecular formula is C8H10O5S. The quantitative estimate of drug-likeness (QED) is 0.586. The molecule has 78 valence electrons. The van der Waals surface area contributed by atoms with Crippen LogP contribution in [0.3, 0.4) is 0 Å². The van der Waals surface area contributed by atoms with E-state index in [0.29, 0.717) is 5.75 Å². The van der Waals surface area contributed by atoms with Crippen LogP contribution >= 0.6 is 0 Å². The normalized spacial score (nSPS) is 11.2. The van der Waals surface area contributed by atoms with Gasteiger partial charge in [-0.1, -0.05) is 18.2 Å². The maximum Gasteiger partial charge on any atom is 0.397 e. The Hall–Kier alpha value is -1.11. The molecule has 0 spiro atoms. The molecule has 0 fully saturated rings. The highest BCUT2D eigenvalue weighted by Crippen LogP contribution is 2.07. The smallest absolute Gasteiger partial charge is 0.397 e. The predicted octanol–water partition coefficient (Wildman–Crippen LogP) is 0.885. The van der Waals surface area contributed by atoms with Crippen LogP contribution in [0.25, 0.3) is 0 Å². The Morgan fingerprint density at radius 2 is 1.79 bits per heavy atom. The molecule has 0 aliphatic rings. The first-order valence-corrected chi connectivity index (χ1v) is 5.24. The molecule has 0 atom stereocenters. The lowest BCUT2D eigenvalue weighted by atomic mass is 10.3. The maximum atomic E-state index is 10.1. The molecule has 1 aromatic carbocycles. The van der Waals surface area contributed by atoms with E-state index in [4.69, 9.17) is 9.29 Å². The third-order valence-electron chi connectivity index (χ3n) is 1.33. The number of ether oxygens (including phenoxy) is 1. The second-order valence-electron chi connectivity index (χ2n) is 2.41. The summed E-state index contributed by atoms with van der Waals surface area (Å²) in [6.45, 7) is -0.155. The fourth-order valence-electron chi connectivity index (χ4n) is 0.816. The summed E-state index contributed by atoms with van der Waals surface area (Å²) in [6.07, 6.45) is 0. The first kappa shape index (κ1) is 11.0.